The highest BCUT2D eigenvalue weighted by Gasteiger charge is 2.70. The Hall–Kier alpha value is -0.850. The van der Waals surface area contributed by atoms with Gasteiger partial charge in [-0.25, -0.2) is 0 Å². The van der Waals surface area contributed by atoms with Crippen molar-refractivity contribution in [3.63, 3.8) is 0 Å². The van der Waals surface area contributed by atoms with Crippen LogP contribution in [0.1, 0.15) is 139 Å². The molecule has 1 nitrogen and oxygen atoms in total. The van der Waals surface area contributed by atoms with Crippen molar-refractivity contribution < 1.29 is 4.79 Å². The molecule has 0 aromatic carbocycles. The average molecular weight is 521 g/mol. The summed E-state index contributed by atoms with van der Waals surface area (Å²) in [4.78, 5) is 12.2. The highest BCUT2D eigenvalue weighted by Crippen LogP contribution is 2.78. The molecule has 0 N–H and O–H groups in total. The second-order valence-electron chi connectivity index (χ2n) is 17.0. The first-order chi connectivity index (χ1) is 17.6. The van der Waals surface area contributed by atoms with E-state index in [1.165, 1.54) is 88.2 Å². The molecule has 0 aromatic heterocycles. The average Bonchev–Trinajstić information content (AvgIpc) is 3.20. The first-order valence-electron chi connectivity index (χ1n) is 16.4. The number of Topliss-reactive ketones (excluding diaryl/α,β-unsaturated/α-hetero) is 1. The van der Waals surface area contributed by atoms with Crippen molar-refractivity contribution in [1.29, 1.82) is 0 Å². The van der Waals surface area contributed by atoms with E-state index in [2.05, 4.69) is 61.6 Å². The van der Waals surface area contributed by atoms with Gasteiger partial charge >= 0.3 is 0 Å². The Labute approximate surface area is 236 Å². The molecule has 0 saturated heterocycles. The molecule has 5 fully saturated rings. The van der Waals surface area contributed by atoms with Gasteiger partial charge in [0.05, 0.1) is 0 Å². The van der Waals surface area contributed by atoms with Crippen LogP contribution in [0.3, 0.4) is 0 Å². The maximum atomic E-state index is 12.2. The maximum Gasteiger partial charge on any atom is 0.130 e. The molecule has 4 unspecified atom stereocenters. The number of hydrogen-bond acceptors (Lipinski definition) is 1. The van der Waals surface area contributed by atoms with E-state index >= 15 is 0 Å². The largest absolute Gasteiger partial charge is 0.300 e. The Kier molecular flexibility index (Phi) is 7.05. The Bertz CT molecular complexity index is 987. The normalized spacial score (nSPS) is 49.3. The van der Waals surface area contributed by atoms with Crippen LogP contribution in [0.25, 0.3) is 0 Å². The van der Waals surface area contributed by atoms with Crippen molar-refractivity contribution in [1.82, 2.24) is 0 Å². The second-order valence-corrected chi connectivity index (χ2v) is 17.0. The molecule has 0 radical (unpaired) electrons. The zero-order chi connectivity index (χ0) is 27.9. The Morgan fingerprint density at radius 2 is 1.47 bits per heavy atom. The fourth-order valence-electron chi connectivity index (χ4n) is 13.0. The molecule has 5 rings (SSSR count). The molecule has 0 spiro atoms. The van der Waals surface area contributed by atoms with Crippen molar-refractivity contribution >= 4 is 5.78 Å². The van der Waals surface area contributed by atoms with Crippen molar-refractivity contribution in [2.45, 2.75) is 139 Å². The molecule has 214 valence electrons. The third-order valence-corrected chi connectivity index (χ3v) is 15.1. The van der Waals surface area contributed by atoms with Gasteiger partial charge in [0.15, 0.2) is 0 Å². The van der Waals surface area contributed by atoms with Crippen LogP contribution in [0.2, 0.25) is 0 Å². The van der Waals surface area contributed by atoms with E-state index in [1.54, 1.807) is 0 Å². The minimum absolute atomic E-state index is 0.262. The molecule has 0 aromatic rings. The Morgan fingerprint density at radius 3 is 2.11 bits per heavy atom. The quantitative estimate of drug-likeness (QED) is 0.318. The molecule has 0 bridgehead atoms. The van der Waals surface area contributed by atoms with Gasteiger partial charge < -0.3 is 4.79 Å². The van der Waals surface area contributed by atoms with Gasteiger partial charge in [-0.15, -0.1) is 6.58 Å². The smallest absolute Gasteiger partial charge is 0.130 e. The van der Waals surface area contributed by atoms with Crippen molar-refractivity contribution in [2.75, 3.05) is 0 Å². The van der Waals surface area contributed by atoms with E-state index in [9.17, 15) is 4.79 Å². The lowest BCUT2D eigenvalue weighted by Gasteiger charge is -2.73. The highest BCUT2D eigenvalue weighted by molar-refractivity contribution is 5.75. The molecular formula is C37H60O. The second kappa shape index (κ2) is 9.34. The number of allylic oxidation sites excluding steroid dienone is 2. The monoisotopic (exact) mass is 520 g/mol. The summed E-state index contributed by atoms with van der Waals surface area (Å²) >= 11 is 0. The van der Waals surface area contributed by atoms with E-state index in [4.69, 9.17) is 0 Å². The molecule has 38 heavy (non-hydrogen) atoms. The van der Waals surface area contributed by atoms with Crippen LogP contribution in [0.5, 0.6) is 0 Å². The first-order valence-corrected chi connectivity index (χ1v) is 16.4. The number of rotatable bonds is 6. The van der Waals surface area contributed by atoms with Crippen LogP contribution in [0.4, 0.5) is 0 Å². The van der Waals surface area contributed by atoms with Crippen LogP contribution >= 0.6 is 0 Å². The van der Waals surface area contributed by atoms with Crippen LogP contribution < -0.4 is 0 Å². The van der Waals surface area contributed by atoms with Gasteiger partial charge in [-0.05, 0) is 160 Å². The molecule has 5 aliphatic rings. The van der Waals surface area contributed by atoms with Crippen LogP contribution in [-0.4, -0.2) is 5.78 Å². The summed E-state index contributed by atoms with van der Waals surface area (Å²) < 4.78 is 0. The SMILES string of the molecule is C=C(C)CC[C@]12CC[C@@H](C(=C)C)C1C1CCC3[C@@]4(C)CC[C@H](CC(C)=O)C(C)(C)C4CC[C@@]3(C)[C@]1(C)CC2. The first kappa shape index (κ1) is 28.7. The molecule has 0 aliphatic heterocycles. The summed E-state index contributed by atoms with van der Waals surface area (Å²) in [6.07, 6.45) is 17.2. The van der Waals surface area contributed by atoms with Crippen molar-refractivity contribution in [2.24, 2.45) is 62.6 Å². The molecule has 10 atom stereocenters. The number of fused-ring (bicyclic) bond motifs is 7. The van der Waals surface area contributed by atoms with Crippen LogP contribution in [-0.2, 0) is 4.79 Å². The minimum atomic E-state index is 0.262. The zero-order valence-electron chi connectivity index (χ0n) is 26.5. The Morgan fingerprint density at radius 1 is 0.763 bits per heavy atom. The Balaban J connectivity index is 1.49. The van der Waals surface area contributed by atoms with Crippen LogP contribution in [0.15, 0.2) is 24.3 Å². The zero-order valence-corrected chi connectivity index (χ0v) is 26.5. The van der Waals surface area contributed by atoms with Gasteiger partial charge in [-0.1, -0.05) is 52.3 Å². The van der Waals surface area contributed by atoms with Gasteiger partial charge in [0.2, 0.25) is 0 Å². The summed E-state index contributed by atoms with van der Waals surface area (Å²) in [5, 5.41) is 0. The van der Waals surface area contributed by atoms with E-state index in [0.29, 0.717) is 33.4 Å². The van der Waals surface area contributed by atoms with E-state index in [1.807, 2.05) is 6.92 Å². The highest BCUT2D eigenvalue weighted by atomic mass is 16.1. The fraction of sp³-hybridized carbons (Fsp3) is 0.865. The standard InChI is InChI=1S/C37H60O/c1-24(2)13-19-37-20-15-28(25(3)4)32(37)29-11-12-31-34(8)17-14-27(23-26(5)38)33(6,7)30(34)16-18-36(31,10)35(29,9)21-22-37/h27-32H,1,3,11-23H2,2,4-10H3/t27-,28+,29?,30?,31?,32?,34+,35-,36-,37-/m1/s1. The third kappa shape index (κ3) is 3.93. The summed E-state index contributed by atoms with van der Waals surface area (Å²) in [5.41, 5.74) is 4.88. The number of hydrogen-bond donors (Lipinski definition) is 0. The van der Waals surface area contributed by atoms with Crippen molar-refractivity contribution in [3.05, 3.63) is 24.3 Å². The molecule has 5 saturated carbocycles. The topological polar surface area (TPSA) is 17.1 Å². The lowest BCUT2D eigenvalue weighted by molar-refractivity contribution is -0.243. The van der Waals surface area contributed by atoms with Gasteiger partial charge in [-0.3, -0.25) is 0 Å². The summed E-state index contributed by atoms with van der Waals surface area (Å²) in [7, 11) is 0. The van der Waals surface area contributed by atoms with E-state index in [0.717, 1.165) is 36.0 Å². The molecule has 5 aliphatic carbocycles. The van der Waals surface area contributed by atoms with Crippen molar-refractivity contribution in [3.8, 4) is 0 Å². The molecule has 0 heterocycles. The van der Waals surface area contributed by atoms with Gasteiger partial charge in [-0.2, -0.15) is 0 Å². The predicted octanol–water partition coefficient (Wildman–Crippen LogP) is 10.6. The fourth-order valence-corrected chi connectivity index (χ4v) is 13.0. The van der Waals surface area contributed by atoms with Gasteiger partial charge in [0, 0.05) is 6.42 Å². The lowest BCUT2D eigenvalue weighted by atomic mass is 9.31. The number of ketones is 1. The van der Waals surface area contributed by atoms with Crippen LogP contribution in [0, 0.1) is 62.6 Å². The molecule has 1 heteroatoms. The number of carbonyl (C=O) groups excluding carboxylic acids is 1. The summed E-state index contributed by atoms with van der Waals surface area (Å²) in [6, 6.07) is 0. The van der Waals surface area contributed by atoms with E-state index < -0.39 is 0 Å². The van der Waals surface area contributed by atoms with E-state index in [-0.39, 0.29) is 5.41 Å². The van der Waals surface area contributed by atoms with Gasteiger partial charge in [0.1, 0.15) is 5.78 Å². The minimum Gasteiger partial charge on any atom is -0.300 e. The molecular weight excluding hydrogens is 460 g/mol. The van der Waals surface area contributed by atoms with Gasteiger partial charge in [0.25, 0.3) is 0 Å². The maximum absolute atomic E-state index is 12.2. The predicted molar refractivity (Wildman–Crippen MR) is 162 cm³/mol. The molecule has 0 amide bonds. The third-order valence-electron chi connectivity index (χ3n) is 15.1. The summed E-state index contributed by atoms with van der Waals surface area (Å²) in [5.74, 6) is 4.91. The summed E-state index contributed by atoms with van der Waals surface area (Å²) in [6.45, 7) is 28.6. The number of carbonyl (C=O) groups is 1. The lowest BCUT2D eigenvalue weighted by Crippen LogP contribution is -2.66.